The Morgan fingerprint density at radius 3 is 3.07 bits per heavy atom. The summed E-state index contributed by atoms with van der Waals surface area (Å²) in [7, 11) is 0. The molecular formula is C9H6ClN5. The highest BCUT2D eigenvalue weighted by molar-refractivity contribution is 6.34. The van der Waals surface area contributed by atoms with Gasteiger partial charge in [0.1, 0.15) is 5.52 Å². The predicted octanol–water partition coefficient (Wildman–Crippen LogP) is 1.63. The molecule has 5 nitrogen and oxygen atoms in total. The summed E-state index contributed by atoms with van der Waals surface area (Å²) in [6, 6.07) is 3.74. The quantitative estimate of drug-likeness (QED) is 0.577. The molecule has 6 heteroatoms. The molecule has 74 valence electrons. The Labute approximate surface area is 89.7 Å². The van der Waals surface area contributed by atoms with Crippen molar-refractivity contribution < 1.29 is 0 Å². The molecule has 0 radical (unpaired) electrons. The van der Waals surface area contributed by atoms with Crippen molar-refractivity contribution in [3.63, 3.8) is 0 Å². The number of hydrogen-bond acceptors (Lipinski definition) is 4. The van der Waals surface area contributed by atoms with E-state index in [2.05, 4.69) is 20.3 Å². The van der Waals surface area contributed by atoms with Gasteiger partial charge in [-0.15, -0.1) is 10.2 Å². The first kappa shape index (κ1) is 8.55. The zero-order valence-electron chi connectivity index (χ0n) is 7.85. The van der Waals surface area contributed by atoms with Crippen LogP contribution in [0, 0.1) is 6.92 Å². The molecule has 0 aromatic carbocycles. The van der Waals surface area contributed by atoms with Gasteiger partial charge in [0.05, 0.1) is 5.39 Å². The second-order valence-corrected chi connectivity index (χ2v) is 3.53. The lowest BCUT2D eigenvalue weighted by atomic mass is 10.3. The van der Waals surface area contributed by atoms with E-state index in [1.165, 1.54) is 0 Å². The Kier molecular flexibility index (Phi) is 1.63. The van der Waals surface area contributed by atoms with Crippen molar-refractivity contribution in [2.75, 3.05) is 0 Å². The third kappa shape index (κ3) is 1.10. The van der Waals surface area contributed by atoms with Gasteiger partial charge in [0.25, 0.3) is 0 Å². The van der Waals surface area contributed by atoms with Crippen molar-refractivity contribution in [3.05, 3.63) is 29.3 Å². The van der Waals surface area contributed by atoms with Crippen LogP contribution < -0.4 is 0 Å². The van der Waals surface area contributed by atoms with Gasteiger partial charge in [-0.2, -0.15) is 9.61 Å². The van der Waals surface area contributed by atoms with Crippen molar-refractivity contribution in [1.82, 2.24) is 24.8 Å². The summed E-state index contributed by atoms with van der Waals surface area (Å²) in [5.41, 5.74) is 1.33. The van der Waals surface area contributed by atoms with Gasteiger partial charge in [-0.1, -0.05) is 11.6 Å². The monoisotopic (exact) mass is 219 g/mol. The molecule has 0 fully saturated rings. The van der Waals surface area contributed by atoms with E-state index in [0.29, 0.717) is 22.1 Å². The number of rotatable bonds is 0. The molecule has 0 aliphatic heterocycles. The highest BCUT2D eigenvalue weighted by atomic mass is 35.5. The average Bonchev–Trinajstić information content (AvgIpc) is 2.62. The van der Waals surface area contributed by atoms with E-state index in [0.717, 1.165) is 5.39 Å². The van der Waals surface area contributed by atoms with Crippen LogP contribution in [0.2, 0.25) is 5.15 Å². The van der Waals surface area contributed by atoms with Crippen molar-refractivity contribution in [1.29, 1.82) is 0 Å². The molecule has 0 spiro atoms. The molecule has 3 aromatic heterocycles. The van der Waals surface area contributed by atoms with Crippen molar-refractivity contribution in [2.45, 2.75) is 6.92 Å². The summed E-state index contributed by atoms with van der Waals surface area (Å²) in [4.78, 5) is 4.16. The Bertz CT molecular complexity index is 660. The number of fused-ring (bicyclic) bond motifs is 3. The van der Waals surface area contributed by atoms with Gasteiger partial charge in [0.2, 0.25) is 0 Å². The molecule has 0 bridgehead atoms. The van der Waals surface area contributed by atoms with E-state index in [4.69, 9.17) is 11.6 Å². The standard InChI is InChI=1S/C9H6ClN5/c1-5-12-13-9-6-3-2-4-11-7(6)8(10)14-15(5)9/h2-4H,1H3. The number of aromatic nitrogens is 5. The fourth-order valence-electron chi connectivity index (χ4n) is 1.53. The minimum absolute atomic E-state index is 0.362. The van der Waals surface area contributed by atoms with E-state index in [-0.39, 0.29) is 0 Å². The summed E-state index contributed by atoms with van der Waals surface area (Å²) in [5.74, 6) is 0.706. The van der Waals surface area contributed by atoms with Gasteiger partial charge in [0.15, 0.2) is 16.6 Å². The highest BCUT2D eigenvalue weighted by Gasteiger charge is 2.10. The van der Waals surface area contributed by atoms with Gasteiger partial charge in [0, 0.05) is 6.20 Å². The predicted molar refractivity (Wildman–Crippen MR) is 55.8 cm³/mol. The highest BCUT2D eigenvalue weighted by Crippen LogP contribution is 2.21. The first-order valence-corrected chi connectivity index (χ1v) is 4.77. The lowest BCUT2D eigenvalue weighted by molar-refractivity contribution is 0.880. The molecule has 0 saturated carbocycles. The van der Waals surface area contributed by atoms with Crippen LogP contribution in [0.5, 0.6) is 0 Å². The number of pyridine rings is 1. The number of halogens is 1. The molecular weight excluding hydrogens is 214 g/mol. The van der Waals surface area contributed by atoms with Crippen molar-refractivity contribution in [3.8, 4) is 0 Å². The van der Waals surface area contributed by atoms with E-state index in [1.54, 1.807) is 10.7 Å². The molecule has 3 rings (SSSR count). The van der Waals surface area contributed by atoms with Gasteiger partial charge in [-0.05, 0) is 19.1 Å². The van der Waals surface area contributed by atoms with Gasteiger partial charge in [-0.3, -0.25) is 4.98 Å². The summed E-state index contributed by atoms with van der Waals surface area (Å²) >= 11 is 6.01. The lowest BCUT2D eigenvalue weighted by Crippen LogP contribution is -1.97. The largest absolute Gasteiger partial charge is 0.253 e. The number of hydrogen-bond donors (Lipinski definition) is 0. The van der Waals surface area contributed by atoms with Gasteiger partial charge >= 0.3 is 0 Å². The molecule has 3 aromatic rings. The van der Waals surface area contributed by atoms with E-state index in [9.17, 15) is 0 Å². The summed E-state index contributed by atoms with van der Waals surface area (Å²) in [6.07, 6.45) is 1.68. The minimum atomic E-state index is 0.362. The average molecular weight is 220 g/mol. The van der Waals surface area contributed by atoms with Crippen molar-refractivity contribution in [2.24, 2.45) is 0 Å². The molecule has 3 heterocycles. The van der Waals surface area contributed by atoms with Crippen LogP contribution in [0.25, 0.3) is 16.6 Å². The second-order valence-electron chi connectivity index (χ2n) is 3.17. The molecule has 0 aliphatic carbocycles. The van der Waals surface area contributed by atoms with Crippen LogP contribution in [0.1, 0.15) is 5.82 Å². The molecule has 0 aliphatic rings. The lowest BCUT2D eigenvalue weighted by Gasteiger charge is -2.00. The van der Waals surface area contributed by atoms with E-state index >= 15 is 0 Å². The zero-order valence-corrected chi connectivity index (χ0v) is 8.60. The SMILES string of the molecule is Cc1nnc2c3cccnc3c(Cl)nn12. The summed E-state index contributed by atoms with van der Waals surface area (Å²) < 4.78 is 1.62. The Hall–Kier alpha value is -1.75. The molecule has 0 N–H and O–H groups in total. The zero-order chi connectivity index (χ0) is 10.4. The maximum Gasteiger partial charge on any atom is 0.187 e. The van der Waals surface area contributed by atoms with Crippen LogP contribution in [0.15, 0.2) is 18.3 Å². The minimum Gasteiger partial charge on any atom is -0.253 e. The van der Waals surface area contributed by atoms with Gasteiger partial charge < -0.3 is 0 Å². The van der Waals surface area contributed by atoms with E-state index in [1.807, 2.05) is 19.1 Å². The normalized spacial score (nSPS) is 11.3. The summed E-state index contributed by atoms with van der Waals surface area (Å²) in [5, 5.41) is 13.4. The van der Waals surface area contributed by atoms with Crippen LogP contribution in [0.3, 0.4) is 0 Å². The van der Waals surface area contributed by atoms with Crippen LogP contribution in [-0.4, -0.2) is 24.8 Å². The molecule has 0 saturated heterocycles. The van der Waals surface area contributed by atoms with Crippen LogP contribution in [-0.2, 0) is 0 Å². The van der Waals surface area contributed by atoms with Gasteiger partial charge in [-0.25, -0.2) is 0 Å². The fourth-order valence-corrected chi connectivity index (χ4v) is 1.76. The Morgan fingerprint density at radius 2 is 2.20 bits per heavy atom. The fraction of sp³-hybridized carbons (Fsp3) is 0.111. The smallest absolute Gasteiger partial charge is 0.187 e. The molecule has 0 unspecified atom stereocenters. The number of nitrogens with zero attached hydrogens (tertiary/aromatic N) is 5. The Balaban J connectivity index is 2.65. The molecule has 0 atom stereocenters. The first-order chi connectivity index (χ1) is 7.27. The van der Waals surface area contributed by atoms with Crippen LogP contribution in [0.4, 0.5) is 0 Å². The second kappa shape index (κ2) is 2.87. The summed E-state index contributed by atoms with van der Waals surface area (Å²) in [6.45, 7) is 1.82. The van der Waals surface area contributed by atoms with Crippen LogP contribution >= 0.6 is 11.6 Å². The van der Waals surface area contributed by atoms with E-state index < -0.39 is 0 Å². The maximum absolute atomic E-state index is 6.01. The first-order valence-electron chi connectivity index (χ1n) is 4.39. The number of aryl methyl sites for hydroxylation is 1. The topological polar surface area (TPSA) is 56.0 Å². The Morgan fingerprint density at radius 1 is 1.33 bits per heavy atom. The molecule has 0 amide bonds. The third-order valence-electron chi connectivity index (χ3n) is 2.23. The third-order valence-corrected chi connectivity index (χ3v) is 2.48. The van der Waals surface area contributed by atoms with Crippen molar-refractivity contribution >= 4 is 28.2 Å². The molecule has 15 heavy (non-hydrogen) atoms. The maximum atomic E-state index is 6.01.